The molecule has 0 radical (unpaired) electrons. The van der Waals surface area contributed by atoms with Gasteiger partial charge in [-0.3, -0.25) is 9.48 Å². The van der Waals surface area contributed by atoms with Gasteiger partial charge in [0.1, 0.15) is 0 Å². The minimum absolute atomic E-state index is 0.317. The second kappa shape index (κ2) is 6.02. The summed E-state index contributed by atoms with van der Waals surface area (Å²) >= 11 is 5.76. The fraction of sp³-hybridized carbons (Fsp3) is 0.636. The summed E-state index contributed by atoms with van der Waals surface area (Å²) in [7, 11) is 1.75. The summed E-state index contributed by atoms with van der Waals surface area (Å²) in [6.07, 6.45) is 5.95. The Bertz CT molecular complexity index is 379. The number of hydrogen-bond donors (Lipinski definition) is 2. The molecular formula is C11H19ClN4O. The van der Waals surface area contributed by atoms with Gasteiger partial charge in [0.2, 0.25) is 5.91 Å². The van der Waals surface area contributed by atoms with Crippen molar-refractivity contribution >= 4 is 17.5 Å². The molecule has 6 heteroatoms. The molecule has 1 atom stereocenters. The standard InChI is InChI=1S/C11H19ClN4O/c1-11(14-2,10(13)17)5-3-4-6-16-8-9(12)7-15-16/h7-8,14H,3-6H2,1-2H3,(H2,13,17). The minimum Gasteiger partial charge on any atom is -0.368 e. The van der Waals surface area contributed by atoms with Gasteiger partial charge in [0.15, 0.2) is 0 Å². The summed E-state index contributed by atoms with van der Waals surface area (Å²) in [5, 5.41) is 7.69. The quantitative estimate of drug-likeness (QED) is 0.721. The summed E-state index contributed by atoms with van der Waals surface area (Å²) in [4.78, 5) is 11.2. The molecule has 0 fully saturated rings. The largest absolute Gasteiger partial charge is 0.368 e. The normalized spacial score (nSPS) is 14.5. The Morgan fingerprint density at radius 2 is 2.35 bits per heavy atom. The number of nitrogens with zero attached hydrogens (tertiary/aromatic N) is 2. The van der Waals surface area contributed by atoms with Crippen molar-refractivity contribution in [2.45, 2.75) is 38.3 Å². The average molecular weight is 259 g/mol. The number of primary amides is 1. The van der Waals surface area contributed by atoms with Gasteiger partial charge in [0, 0.05) is 12.7 Å². The monoisotopic (exact) mass is 258 g/mol. The molecular weight excluding hydrogens is 240 g/mol. The van der Waals surface area contributed by atoms with E-state index < -0.39 is 5.54 Å². The molecule has 0 saturated carbocycles. The number of hydrogen-bond acceptors (Lipinski definition) is 3. The van der Waals surface area contributed by atoms with Gasteiger partial charge < -0.3 is 11.1 Å². The van der Waals surface area contributed by atoms with Crippen LogP contribution in [0.15, 0.2) is 12.4 Å². The summed E-state index contributed by atoms with van der Waals surface area (Å²) < 4.78 is 1.79. The van der Waals surface area contributed by atoms with E-state index in [9.17, 15) is 4.79 Å². The van der Waals surface area contributed by atoms with Gasteiger partial charge in [0.25, 0.3) is 0 Å². The lowest BCUT2D eigenvalue weighted by atomic mass is 9.94. The van der Waals surface area contributed by atoms with Gasteiger partial charge in [-0.05, 0) is 33.2 Å². The molecule has 96 valence electrons. The van der Waals surface area contributed by atoms with Crippen LogP contribution in [0.5, 0.6) is 0 Å². The van der Waals surface area contributed by atoms with Gasteiger partial charge in [-0.25, -0.2) is 0 Å². The van der Waals surface area contributed by atoms with E-state index in [-0.39, 0.29) is 5.91 Å². The molecule has 1 heterocycles. The van der Waals surface area contributed by atoms with Crippen molar-refractivity contribution in [3.05, 3.63) is 17.4 Å². The van der Waals surface area contributed by atoms with E-state index in [4.69, 9.17) is 17.3 Å². The Morgan fingerprint density at radius 3 is 2.82 bits per heavy atom. The number of halogens is 1. The Hall–Kier alpha value is -1.07. The fourth-order valence-electron chi connectivity index (χ4n) is 1.58. The number of aryl methyl sites for hydroxylation is 1. The molecule has 0 saturated heterocycles. The SMILES string of the molecule is CNC(C)(CCCCn1cc(Cl)cn1)C(N)=O. The molecule has 0 aliphatic carbocycles. The van der Waals surface area contributed by atoms with Crippen molar-refractivity contribution in [3.8, 4) is 0 Å². The number of nitrogens with two attached hydrogens (primary N) is 1. The van der Waals surface area contributed by atoms with Crippen LogP contribution in [0, 0.1) is 0 Å². The van der Waals surface area contributed by atoms with E-state index in [1.54, 1.807) is 24.1 Å². The fourth-order valence-corrected chi connectivity index (χ4v) is 1.74. The number of nitrogens with one attached hydrogen (secondary N) is 1. The Kier molecular flexibility index (Phi) is 4.96. The molecule has 0 spiro atoms. The summed E-state index contributed by atoms with van der Waals surface area (Å²) in [6.45, 7) is 2.62. The van der Waals surface area contributed by atoms with E-state index >= 15 is 0 Å². The molecule has 5 nitrogen and oxygen atoms in total. The minimum atomic E-state index is -0.623. The molecule has 1 amide bonds. The zero-order valence-corrected chi connectivity index (χ0v) is 11.0. The molecule has 0 aromatic carbocycles. The lowest BCUT2D eigenvalue weighted by Crippen LogP contribution is -2.51. The third-order valence-corrected chi connectivity index (χ3v) is 3.21. The summed E-state index contributed by atoms with van der Waals surface area (Å²) in [6, 6.07) is 0. The molecule has 0 bridgehead atoms. The predicted octanol–water partition coefficient (Wildman–Crippen LogP) is 1.17. The van der Waals surface area contributed by atoms with Crippen molar-refractivity contribution in [3.63, 3.8) is 0 Å². The van der Waals surface area contributed by atoms with E-state index in [1.165, 1.54) is 0 Å². The number of rotatable bonds is 7. The van der Waals surface area contributed by atoms with Crippen LogP contribution in [0.4, 0.5) is 0 Å². The lowest BCUT2D eigenvalue weighted by Gasteiger charge is -2.25. The first kappa shape index (κ1) is 14.0. The number of likely N-dealkylation sites (N-methyl/N-ethyl adjacent to an activating group) is 1. The second-order valence-electron chi connectivity index (χ2n) is 4.33. The van der Waals surface area contributed by atoms with Gasteiger partial charge >= 0.3 is 0 Å². The highest BCUT2D eigenvalue weighted by molar-refractivity contribution is 6.30. The van der Waals surface area contributed by atoms with E-state index in [0.717, 1.165) is 19.4 Å². The maximum atomic E-state index is 11.2. The maximum absolute atomic E-state index is 11.2. The zero-order valence-electron chi connectivity index (χ0n) is 10.2. The van der Waals surface area contributed by atoms with Gasteiger partial charge in [-0.15, -0.1) is 0 Å². The van der Waals surface area contributed by atoms with Crippen LogP contribution in [-0.4, -0.2) is 28.3 Å². The maximum Gasteiger partial charge on any atom is 0.237 e. The van der Waals surface area contributed by atoms with Gasteiger partial charge in [0.05, 0.1) is 16.8 Å². The van der Waals surface area contributed by atoms with Crippen molar-refractivity contribution in [2.75, 3.05) is 7.05 Å². The third kappa shape index (κ3) is 4.02. The highest BCUT2D eigenvalue weighted by atomic mass is 35.5. The predicted molar refractivity (Wildman–Crippen MR) is 67.7 cm³/mol. The zero-order chi connectivity index (χ0) is 12.9. The Balaban J connectivity index is 2.30. The molecule has 3 N–H and O–H groups in total. The molecule has 17 heavy (non-hydrogen) atoms. The number of amides is 1. The third-order valence-electron chi connectivity index (χ3n) is 3.01. The Labute approximate surface area is 106 Å². The average Bonchev–Trinajstić information content (AvgIpc) is 2.70. The number of carbonyl (C=O) groups is 1. The smallest absolute Gasteiger partial charge is 0.237 e. The van der Waals surface area contributed by atoms with Crippen LogP contribution in [0.1, 0.15) is 26.2 Å². The molecule has 0 aliphatic rings. The lowest BCUT2D eigenvalue weighted by molar-refractivity contribution is -0.123. The number of aromatic nitrogens is 2. The highest BCUT2D eigenvalue weighted by Crippen LogP contribution is 2.13. The van der Waals surface area contributed by atoms with Crippen LogP contribution in [0.2, 0.25) is 5.02 Å². The molecule has 1 aromatic rings. The first-order chi connectivity index (χ1) is 7.98. The van der Waals surface area contributed by atoms with E-state index in [0.29, 0.717) is 11.4 Å². The van der Waals surface area contributed by atoms with Crippen molar-refractivity contribution in [2.24, 2.45) is 5.73 Å². The summed E-state index contributed by atoms with van der Waals surface area (Å²) in [5.74, 6) is -0.317. The molecule has 0 aliphatic heterocycles. The van der Waals surface area contributed by atoms with E-state index in [1.807, 2.05) is 6.92 Å². The van der Waals surface area contributed by atoms with Crippen LogP contribution in [-0.2, 0) is 11.3 Å². The number of unbranched alkanes of at least 4 members (excludes halogenated alkanes) is 1. The molecule has 1 aromatic heterocycles. The first-order valence-electron chi connectivity index (χ1n) is 5.65. The van der Waals surface area contributed by atoms with E-state index in [2.05, 4.69) is 10.4 Å². The molecule has 1 rings (SSSR count). The van der Waals surface area contributed by atoms with Gasteiger partial charge in [-0.1, -0.05) is 11.6 Å². The van der Waals surface area contributed by atoms with Gasteiger partial charge in [-0.2, -0.15) is 5.10 Å². The topological polar surface area (TPSA) is 72.9 Å². The number of carbonyl (C=O) groups excluding carboxylic acids is 1. The van der Waals surface area contributed by atoms with Crippen LogP contribution in [0.3, 0.4) is 0 Å². The summed E-state index contributed by atoms with van der Waals surface area (Å²) in [5.41, 5.74) is 4.72. The molecule has 1 unspecified atom stereocenters. The van der Waals surface area contributed by atoms with Crippen LogP contribution < -0.4 is 11.1 Å². The van der Waals surface area contributed by atoms with Crippen LogP contribution in [0.25, 0.3) is 0 Å². The van der Waals surface area contributed by atoms with Crippen LogP contribution >= 0.6 is 11.6 Å². The van der Waals surface area contributed by atoms with Crippen molar-refractivity contribution in [1.82, 2.24) is 15.1 Å². The first-order valence-corrected chi connectivity index (χ1v) is 6.02. The highest BCUT2D eigenvalue weighted by Gasteiger charge is 2.27. The van der Waals surface area contributed by atoms with Crippen molar-refractivity contribution in [1.29, 1.82) is 0 Å². The second-order valence-corrected chi connectivity index (χ2v) is 4.76. The Morgan fingerprint density at radius 1 is 1.65 bits per heavy atom. The van der Waals surface area contributed by atoms with Crippen molar-refractivity contribution < 1.29 is 4.79 Å².